The summed E-state index contributed by atoms with van der Waals surface area (Å²) in [6.45, 7) is 8.43. The van der Waals surface area contributed by atoms with E-state index in [0.29, 0.717) is 19.3 Å². The Labute approximate surface area is 190 Å². The molecule has 0 bridgehead atoms. The minimum absolute atomic E-state index is 0.0587. The number of nitrogens with one attached hydrogen (secondary N) is 3. The average molecular weight is 458 g/mol. The predicted molar refractivity (Wildman–Crippen MR) is 125 cm³/mol. The second kappa shape index (κ2) is 19.9. The van der Waals surface area contributed by atoms with Crippen LogP contribution in [-0.4, -0.2) is 82.5 Å². The van der Waals surface area contributed by atoms with Crippen molar-refractivity contribution in [2.24, 2.45) is 0 Å². The molecule has 1 aromatic rings. The van der Waals surface area contributed by atoms with Crippen molar-refractivity contribution in [3.63, 3.8) is 0 Å². The fourth-order valence-corrected chi connectivity index (χ4v) is 3.04. The van der Waals surface area contributed by atoms with E-state index in [2.05, 4.69) is 39.3 Å². The highest BCUT2D eigenvalue weighted by Gasteiger charge is 2.14. The van der Waals surface area contributed by atoms with Gasteiger partial charge in [-0.25, -0.2) is 9.78 Å². The Bertz CT molecular complexity index is 578. The van der Waals surface area contributed by atoms with Crippen LogP contribution in [0.2, 0.25) is 0 Å². The lowest BCUT2D eigenvalue weighted by molar-refractivity contribution is -0.140. The Hall–Kier alpha value is -2.07. The SMILES string of the molecule is CCCC.CSCCC(NC=O)C(=O)O.O=C(Cc1cnc[nH]1)NCCN1CCCC1. The molecule has 1 fully saturated rings. The number of hydrogen-bond acceptors (Lipinski definition) is 6. The standard InChI is InChI=1S/C11H18N4O.C6H11NO3S.C4H10/c16-11(7-10-8-12-9-14-10)13-3-6-15-4-1-2-5-15;1-11-3-2-5(6(9)10)7-4-8;1-3-4-2/h8-9H,1-7H2,(H,12,14)(H,13,16);4-5H,2-3H2,1H3,(H,7,8)(H,9,10);3-4H2,1-2H3. The minimum atomic E-state index is -0.980. The van der Waals surface area contributed by atoms with Crippen LogP contribution in [-0.2, 0) is 20.8 Å². The van der Waals surface area contributed by atoms with E-state index in [9.17, 15) is 14.4 Å². The van der Waals surface area contributed by atoms with Crippen molar-refractivity contribution in [2.75, 3.05) is 38.2 Å². The summed E-state index contributed by atoms with van der Waals surface area (Å²) in [6, 6.07) is -0.736. The van der Waals surface area contributed by atoms with Crippen LogP contribution in [0.5, 0.6) is 0 Å². The molecule has 0 radical (unpaired) electrons. The summed E-state index contributed by atoms with van der Waals surface area (Å²) < 4.78 is 0. The van der Waals surface area contributed by atoms with E-state index in [1.807, 2.05) is 6.26 Å². The average Bonchev–Trinajstić information content (AvgIpc) is 3.46. The van der Waals surface area contributed by atoms with Gasteiger partial charge >= 0.3 is 5.97 Å². The molecule has 178 valence electrons. The number of rotatable bonds is 12. The number of amides is 2. The molecular formula is C21H39N5O4S. The van der Waals surface area contributed by atoms with Gasteiger partial charge < -0.3 is 25.6 Å². The van der Waals surface area contributed by atoms with Crippen molar-refractivity contribution >= 4 is 30.0 Å². The van der Waals surface area contributed by atoms with Crippen LogP contribution in [0.4, 0.5) is 0 Å². The molecule has 1 aliphatic heterocycles. The van der Waals surface area contributed by atoms with E-state index in [4.69, 9.17) is 5.11 Å². The van der Waals surface area contributed by atoms with E-state index in [0.717, 1.165) is 24.5 Å². The van der Waals surface area contributed by atoms with Crippen LogP contribution >= 0.6 is 11.8 Å². The zero-order valence-corrected chi connectivity index (χ0v) is 19.9. The largest absolute Gasteiger partial charge is 0.480 e. The number of unbranched alkanes of at least 4 members (excludes halogenated alkanes) is 1. The van der Waals surface area contributed by atoms with Gasteiger partial charge in [-0.3, -0.25) is 9.59 Å². The summed E-state index contributed by atoms with van der Waals surface area (Å²) in [7, 11) is 0. The Morgan fingerprint density at radius 1 is 1.32 bits per heavy atom. The van der Waals surface area contributed by atoms with Crippen molar-refractivity contribution in [3.05, 3.63) is 18.2 Å². The number of carboxylic acid groups (broad SMARTS) is 1. The number of carboxylic acids is 1. The van der Waals surface area contributed by atoms with Crippen LogP contribution in [0, 0.1) is 0 Å². The number of thioether (sulfide) groups is 1. The molecule has 9 nitrogen and oxygen atoms in total. The first-order chi connectivity index (χ1) is 15.0. The maximum absolute atomic E-state index is 11.5. The molecule has 4 N–H and O–H groups in total. The van der Waals surface area contributed by atoms with Gasteiger partial charge in [-0.05, 0) is 44.4 Å². The monoisotopic (exact) mass is 457 g/mol. The maximum Gasteiger partial charge on any atom is 0.326 e. The quantitative estimate of drug-likeness (QED) is 0.353. The number of nitrogens with zero attached hydrogens (tertiary/aromatic N) is 2. The second-order valence-corrected chi connectivity index (χ2v) is 8.09. The lowest BCUT2D eigenvalue weighted by atomic mass is 10.2. The number of likely N-dealkylation sites (tertiary alicyclic amines) is 1. The van der Waals surface area contributed by atoms with Crippen molar-refractivity contribution in [3.8, 4) is 0 Å². The van der Waals surface area contributed by atoms with Gasteiger partial charge in [0.05, 0.1) is 12.7 Å². The first kappa shape index (κ1) is 28.9. The van der Waals surface area contributed by atoms with Crippen LogP contribution < -0.4 is 10.6 Å². The normalized spacial score (nSPS) is 13.8. The van der Waals surface area contributed by atoms with Gasteiger partial charge in [0.15, 0.2) is 0 Å². The summed E-state index contributed by atoms with van der Waals surface area (Å²) in [5.74, 6) is -0.188. The Balaban J connectivity index is 0.000000523. The summed E-state index contributed by atoms with van der Waals surface area (Å²) in [5, 5.41) is 13.6. The third kappa shape index (κ3) is 16.3. The topological polar surface area (TPSA) is 127 Å². The predicted octanol–water partition coefficient (Wildman–Crippen LogP) is 1.91. The van der Waals surface area contributed by atoms with Gasteiger partial charge in [0.2, 0.25) is 12.3 Å². The number of carbonyl (C=O) groups excluding carboxylic acids is 2. The van der Waals surface area contributed by atoms with Gasteiger partial charge in [-0.2, -0.15) is 11.8 Å². The number of aliphatic carboxylic acids is 1. The van der Waals surface area contributed by atoms with E-state index in [1.54, 1.807) is 24.3 Å². The lowest BCUT2D eigenvalue weighted by Crippen LogP contribution is -2.36. The number of aromatic nitrogens is 2. The summed E-state index contributed by atoms with van der Waals surface area (Å²) in [4.78, 5) is 41.0. The lowest BCUT2D eigenvalue weighted by Gasteiger charge is -2.14. The van der Waals surface area contributed by atoms with Crippen molar-refractivity contribution in [1.82, 2.24) is 25.5 Å². The molecular weight excluding hydrogens is 418 g/mol. The van der Waals surface area contributed by atoms with Gasteiger partial charge in [-0.1, -0.05) is 26.7 Å². The zero-order valence-electron chi connectivity index (χ0n) is 19.1. The van der Waals surface area contributed by atoms with E-state index in [1.165, 1.54) is 38.8 Å². The number of hydrogen-bond donors (Lipinski definition) is 4. The molecule has 0 aliphatic carbocycles. The number of imidazole rings is 1. The van der Waals surface area contributed by atoms with E-state index in [-0.39, 0.29) is 5.91 Å². The maximum atomic E-state index is 11.5. The Kier molecular flexibility index (Phi) is 18.5. The highest BCUT2D eigenvalue weighted by molar-refractivity contribution is 7.98. The van der Waals surface area contributed by atoms with Gasteiger partial charge in [0.1, 0.15) is 6.04 Å². The Morgan fingerprint density at radius 2 is 2.00 bits per heavy atom. The summed E-state index contributed by atoms with van der Waals surface area (Å²) in [6.07, 6.45) is 11.7. The van der Waals surface area contributed by atoms with Crippen LogP contribution in [0.1, 0.15) is 51.6 Å². The van der Waals surface area contributed by atoms with Crippen LogP contribution in [0.3, 0.4) is 0 Å². The number of H-pyrrole nitrogens is 1. The molecule has 0 spiro atoms. The molecule has 2 heterocycles. The molecule has 1 unspecified atom stereocenters. The summed E-state index contributed by atoms with van der Waals surface area (Å²) >= 11 is 1.55. The third-order valence-corrected chi connectivity index (χ3v) is 5.18. The Morgan fingerprint density at radius 3 is 2.48 bits per heavy atom. The summed E-state index contributed by atoms with van der Waals surface area (Å²) in [5.41, 5.74) is 0.860. The van der Waals surface area contributed by atoms with Gasteiger partial charge in [0.25, 0.3) is 0 Å². The van der Waals surface area contributed by atoms with Crippen LogP contribution in [0.15, 0.2) is 12.5 Å². The highest BCUT2D eigenvalue weighted by Crippen LogP contribution is 2.05. The zero-order chi connectivity index (χ0) is 23.3. The molecule has 0 aromatic carbocycles. The minimum Gasteiger partial charge on any atom is -0.480 e. The van der Waals surface area contributed by atoms with Crippen molar-refractivity contribution in [2.45, 2.75) is 58.4 Å². The molecule has 2 rings (SSSR count). The molecule has 1 atom stereocenters. The van der Waals surface area contributed by atoms with E-state index < -0.39 is 12.0 Å². The molecule has 31 heavy (non-hydrogen) atoms. The third-order valence-electron chi connectivity index (χ3n) is 4.53. The van der Waals surface area contributed by atoms with Crippen LogP contribution in [0.25, 0.3) is 0 Å². The number of aromatic amines is 1. The molecule has 10 heteroatoms. The molecule has 0 saturated carbocycles. The molecule has 1 saturated heterocycles. The first-order valence-electron chi connectivity index (χ1n) is 10.9. The molecule has 2 amide bonds. The second-order valence-electron chi connectivity index (χ2n) is 7.11. The molecule has 1 aliphatic rings. The van der Waals surface area contributed by atoms with E-state index >= 15 is 0 Å². The molecule has 1 aromatic heterocycles. The van der Waals surface area contributed by atoms with Gasteiger partial charge in [-0.15, -0.1) is 0 Å². The highest BCUT2D eigenvalue weighted by atomic mass is 32.2. The fraction of sp³-hybridized carbons (Fsp3) is 0.714. The van der Waals surface area contributed by atoms with Crippen molar-refractivity contribution in [1.29, 1.82) is 0 Å². The smallest absolute Gasteiger partial charge is 0.326 e. The van der Waals surface area contributed by atoms with Crippen molar-refractivity contribution < 1.29 is 19.5 Å². The van der Waals surface area contributed by atoms with Gasteiger partial charge in [0, 0.05) is 25.0 Å². The first-order valence-corrected chi connectivity index (χ1v) is 12.2. The fourth-order valence-electron chi connectivity index (χ4n) is 2.57. The number of carbonyl (C=O) groups is 3.